The van der Waals surface area contributed by atoms with Crippen LogP contribution in [0.2, 0.25) is 0 Å². The molecule has 1 atom stereocenters. The zero-order chi connectivity index (χ0) is 9.97. The molecule has 3 nitrogen and oxygen atoms in total. The summed E-state index contributed by atoms with van der Waals surface area (Å²) < 4.78 is 7.86. The molecule has 1 aromatic heterocycles. The summed E-state index contributed by atoms with van der Waals surface area (Å²) in [6.45, 7) is 2.00. The van der Waals surface area contributed by atoms with Gasteiger partial charge >= 0.3 is 0 Å². The van der Waals surface area contributed by atoms with E-state index in [1.165, 1.54) is 0 Å². The summed E-state index contributed by atoms with van der Waals surface area (Å²) in [5, 5.41) is 9.91. The Hall–Kier alpha value is -1.26. The van der Waals surface area contributed by atoms with Gasteiger partial charge in [-0.2, -0.15) is 8.75 Å². The largest absolute Gasteiger partial charge is 0.382 e. The lowest BCUT2D eigenvalue weighted by atomic mass is 10.1. The van der Waals surface area contributed by atoms with E-state index in [1.54, 1.807) is 6.20 Å². The van der Waals surface area contributed by atoms with Crippen LogP contribution in [0, 0.1) is 6.92 Å². The topological polar surface area (TPSA) is 46.0 Å². The molecule has 1 aromatic carbocycles. The molecule has 0 aliphatic heterocycles. The number of hydrogen-bond acceptors (Lipinski definition) is 4. The summed E-state index contributed by atoms with van der Waals surface area (Å²) in [5.41, 5.74) is 2.60. The third-order valence-corrected chi connectivity index (χ3v) is 2.51. The van der Waals surface area contributed by atoms with Crippen molar-refractivity contribution < 1.29 is 5.11 Å². The first-order valence-corrected chi connectivity index (χ1v) is 5.02. The quantitative estimate of drug-likeness (QED) is 0.816. The van der Waals surface area contributed by atoms with Gasteiger partial charge in [-0.25, -0.2) is 0 Å². The summed E-state index contributed by atoms with van der Waals surface area (Å²) in [4.78, 5) is 0. The third-order valence-electron chi connectivity index (χ3n) is 2.02. The Morgan fingerprint density at radius 1 is 1.43 bits per heavy atom. The zero-order valence-corrected chi connectivity index (χ0v) is 8.53. The molecule has 1 heterocycles. The molecule has 14 heavy (non-hydrogen) atoms. The molecule has 0 aliphatic rings. The second-order valence-corrected chi connectivity index (χ2v) is 3.71. The molecule has 4 heteroatoms. The summed E-state index contributed by atoms with van der Waals surface area (Å²) >= 11 is 1.11. The van der Waals surface area contributed by atoms with Gasteiger partial charge in [0, 0.05) is 0 Å². The van der Waals surface area contributed by atoms with Gasteiger partial charge in [0.05, 0.1) is 17.9 Å². The first-order chi connectivity index (χ1) is 6.77. The van der Waals surface area contributed by atoms with Crippen LogP contribution < -0.4 is 0 Å². The Kier molecular flexibility index (Phi) is 2.56. The fraction of sp³-hybridized carbons (Fsp3) is 0.200. The molecule has 0 saturated heterocycles. The maximum atomic E-state index is 9.91. The first-order valence-electron chi connectivity index (χ1n) is 4.29. The summed E-state index contributed by atoms with van der Waals surface area (Å²) in [5.74, 6) is 0. The number of aliphatic hydroxyl groups excluding tert-OH is 1. The van der Waals surface area contributed by atoms with Gasteiger partial charge in [-0.1, -0.05) is 29.8 Å². The molecule has 0 amide bonds. The molecule has 0 fully saturated rings. The van der Waals surface area contributed by atoms with Crippen LogP contribution in [0.1, 0.15) is 22.9 Å². The number of nitrogens with zero attached hydrogens (tertiary/aromatic N) is 2. The Morgan fingerprint density at radius 3 is 2.93 bits per heavy atom. The third kappa shape index (κ3) is 1.81. The summed E-state index contributed by atoms with van der Waals surface area (Å²) in [6, 6.07) is 7.75. The van der Waals surface area contributed by atoms with Crippen LogP contribution in [0.3, 0.4) is 0 Å². The van der Waals surface area contributed by atoms with Crippen LogP contribution in [0.5, 0.6) is 0 Å². The molecular formula is C10H10N2OS. The van der Waals surface area contributed by atoms with E-state index in [1.807, 2.05) is 31.2 Å². The standard InChI is InChI=1S/C10H10N2OS/c1-7-3-2-4-8(5-7)10(13)9-6-11-14-12-9/h2-6,10,13H,1H3. The van der Waals surface area contributed by atoms with E-state index >= 15 is 0 Å². The lowest BCUT2D eigenvalue weighted by molar-refractivity contribution is 0.216. The van der Waals surface area contributed by atoms with Gasteiger partial charge in [-0.05, 0) is 12.5 Å². The van der Waals surface area contributed by atoms with Gasteiger partial charge in [0.1, 0.15) is 11.8 Å². The van der Waals surface area contributed by atoms with Crippen molar-refractivity contribution in [1.29, 1.82) is 0 Å². The lowest BCUT2D eigenvalue weighted by Crippen LogP contribution is -1.99. The normalized spacial score (nSPS) is 12.7. The Balaban J connectivity index is 2.32. The highest BCUT2D eigenvalue weighted by Crippen LogP contribution is 2.20. The van der Waals surface area contributed by atoms with E-state index < -0.39 is 6.10 Å². The molecule has 0 spiro atoms. The highest BCUT2D eigenvalue weighted by molar-refractivity contribution is 6.99. The minimum Gasteiger partial charge on any atom is -0.382 e. The average molecular weight is 206 g/mol. The van der Waals surface area contributed by atoms with Gasteiger partial charge < -0.3 is 5.11 Å². The van der Waals surface area contributed by atoms with Crippen molar-refractivity contribution in [3.63, 3.8) is 0 Å². The van der Waals surface area contributed by atoms with E-state index in [4.69, 9.17) is 0 Å². The van der Waals surface area contributed by atoms with E-state index in [0.717, 1.165) is 22.9 Å². The number of aryl methyl sites for hydroxylation is 1. The highest BCUT2D eigenvalue weighted by Gasteiger charge is 2.12. The number of aromatic nitrogens is 2. The van der Waals surface area contributed by atoms with Crippen molar-refractivity contribution in [3.8, 4) is 0 Å². The number of aliphatic hydroxyl groups is 1. The van der Waals surface area contributed by atoms with Gasteiger partial charge in [0.15, 0.2) is 0 Å². The monoisotopic (exact) mass is 206 g/mol. The Bertz CT molecular complexity index is 414. The molecular weight excluding hydrogens is 196 g/mol. The average Bonchev–Trinajstić information content (AvgIpc) is 2.69. The van der Waals surface area contributed by atoms with Crippen LogP contribution in [-0.2, 0) is 0 Å². The minimum absolute atomic E-state index is 0.612. The molecule has 0 aliphatic carbocycles. The zero-order valence-electron chi connectivity index (χ0n) is 7.71. The molecule has 2 rings (SSSR count). The first kappa shape index (κ1) is 9.30. The summed E-state index contributed by atoms with van der Waals surface area (Å²) in [6.07, 6.45) is 0.936. The molecule has 0 radical (unpaired) electrons. The second kappa shape index (κ2) is 3.86. The fourth-order valence-electron chi connectivity index (χ4n) is 1.30. The maximum absolute atomic E-state index is 9.91. The molecule has 1 N–H and O–H groups in total. The molecule has 0 bridgehead atoms. The van der Waals surface area contributed by atoms with E-state index in [9.17, 15) is 5.11 Å². The number of hydrogen-bond donors (Lipinski definition) is 1. The van der Waals surface area contributed by atoms with Crippen LogP contribution in [0.15, 0.2) is 30.5 Å². The van der Waals surface area contributed by atoms with Crippen molar-refractivity contribution in [3.05, 3.63) is 47.3 Å². The predicted molar refractivity (Wildman–Crippen MR) is 55.1 cm³/mol. The smallest absolute Gasteiger partial charge is 0.124 e. The van der Waals surface area contributed by atoms with E-state index in [0.29, 0.717) is 5.69 Å². The van der Waals surface area contributed by atoms with Crippen molar-refractivity contribution in [2.75, 3.05) is 0 Å². The van der Waals surface area contributed by atoms with Crippen molar-refractivity contribution >= 4 is 11.7 Å². The molecule has 0 saturated carbocycles. The van der Waals surface area contributed by atoms with Crippen LogP contribution in [0.4, 0.5) is 0 Å². The van der Waals surface area contributed by atoms with E-state index in [-0.39, 0.29) is 0 Å². The molecule has 72 valence electrons. The van der Waals surface area contributed by atoms with Gasteiger partial charge in [0.25, 0.3) is 0 Å². The van der Waals surface area contributed by atoms with E-state index in [2.05, 4.69) is 8.75 Å². The Labute approximate surface area is 86.4 Å². The molecule has 2 aromatic rings. The fourth-order valence-corrected chi connectivity index (χ4v) is 1.75. The minimum atomic E-state index is -0.659. The number of rotatable bonds is 2. The van der Waals surface area contributed by atoms with Crippen LogP contribution in [0.25, 0.3) is 0 Å². The second-order valence-electron chi connectivity index (χ2n) is 3.15. The van der Waals surface area contributed by atoms with Crippen molar-refractivity contribution in [2.45, 2.75) is 13.0 Å². The van der Waals surface area contributed by atoms with Crippen molar-refractivity contribution in [1.82, 2.24) is 8.75 Å². The highest BCUT2D eigenvalue weighted by atomic mass is 32.1. The van der Waals surface area contributed by atoms with Gasteiger partial charge in [-0.15, -0.1) is 0 Å². The number of benzene rings is 1. The van der Waals surface area contributed by atoms with Crippen LogP contribution >= 0.6 is 11.7 Å². The van der Waals surface area contributed by atoms with Crippen LogP contribution in [-0.4, -0.2) is 13.9 Å². The predicted octanol–water partition coefficient (Wildman–Crippen LogP) is 1.93. The molecule has 1 unspecified atom stereocenters. The van der Waals surface area contributed by atoms with Crippen molar-refractivity contribution in [2.24, 2.45) is 0 Å². The van der Waals surface area contributed by atoms with Gasteiger partial charge in [-0.3, -0.25) is 0 Å². The maximum Gasteiger partial charge on any atom is 0.124 e. The van der Waals surface area contributed by atoms with Gasteiger partial charge in [0.2, 0.25) is 0 Å². The lowest BCUT2D eigenvalue weighted by Gasteiger charge is -2.07. The Morgan fingerprint density at radius 2 is 2.29 bits per heavy atom. The SMILES string of the molecule is Cc1cccc(C(O)c2cnsn2)c1. The summed E-state index contributed by atoms with van der Waals surface area (Å²) in [7, 11) is 0.